The highest BCUT2D eigenvalue weighted by Gasteiger charge is 2.17. The molecule has 0 aliphatic rings. The van der Waals surface area contributed by atoms with E-state index in [0.29, 0.717) is 16.9 Å². The van der Waals surface area contributed by atoms with Crippen LogP contribution in [0.15, 0.2) is 35.5 Å². The van der Waals surface area contributed by atoms with Crippen molar-refractivity contribution in [1.82, 2.24) is 0 Å². The normalized spacial score (nSPS) is 11.7. The molecule has 134 valence electrons. The zero-order valence-electron chi connectivity index (χ0n) is 13.5. The third-order valence-corrected chi connectivity index (χ3v) is 3.44. The molecule has 0 fully saturated rings. The van der Waals surface area contributed by atoms with Gasteiger partial charge in [0.25, 0.3) is 0 Å². The van der Waals surface area contributed by atoms with E-state index in [-0.39, 0.29) is 36.0 Å². The van der Waals surface area contributed by atoms with Crippen LogP contribution < -0.4 is 26.2 Å². The van der Waals surface area contributed by atoms with E-state index in [1.54, 1.807) is 13.0 Å². The van der Waals surface area contributed by atoms with Crippen molar-refractivity contribution < 1.29 is 24.6 Å². The van der Waals surface area contributed by atoms with Gasteiger partial charge in [0.05, 0.1) is 6.10 Å². The summed E-state index contributed by atoms with van der Waals surface area (Å²) in [5.74, 6) is 11.1. The van der Waals surface area contributed by atoms with Gasteiger partial charge in [-0.25, -0.2) is 0 Å². The molecular weight excluding hydrogens is 330 g/mol. The molecule has 2 aromatic rings. The van der Waals surface area contributed by atoms with Crippen LogP contribution in [0.3, 0.4) is 0 Å². The summed E-state index contributed by atoms with van der Waals surface area (Å²) in [6.07, 6.45) is -0.436. The monoisotopic (exact) mass is 349 g/mol. The predicted molar refractivity (Wildman–Crippen MR) is 89.4 cm³/mol. The van der Waals surface area contributed by atoms with Crippen LogP contribution in [0.1, 0.15) is 18.1 Å². The van der Waals surface area contributed by atoms with E-state index in [2.05, 4.69) is 5.18 Å². The minimum atomic E-state index is -0.664. The summed E-state index contributed by atoms with van der Waals surface area (Å²) in [5.41, 5.74) is 1.08. The third-order valence-electron chi connectivity index (χ3n) is 3.44. The Kier molecular flexibility index (Phi) is 6.12. The molecule has 9 nitrogen and oxygen atoms in total. The van der Waals surface area contributed by atoms with Crippen LogP contribution >= 0.6 is 0 Å². The first-order valence-corrected chi connectivity index (χ1v) is 7.35. The zero-order chi connectivity index (χ0) is 18.4. The predicted octanol–water partition coefficient (Wildman–Crippen LogP) is 1.80. The molecule has 0 aliphatic heterocycles. The number of nitroso groups, excluding NO2 is 1. The van der Waals surface area contributed by atoms with Crippen LogP contribution in [0.4, 0.5) is 5.69 Å². The highest BCUT2D eigenvalue weighted by molar-refractivity contribution is 5.53. The lowest BCUT2D eigenvalue weighted by Gasteiger charge is -2.17. The van der Waals surface area contributed by atoms with Gasteiger partial charge in [0, 0.05) is 24.1 Å². The van der Waals surface area contributed by atoms with E-state index in [4.69, 9.17) is 26.2 Å². The van der Waals surface area contributed by atoms with Crippen LogP contribution in [-0.4, -0.2) is 16.3 Å². The molecule has 0 aromatic heterocycles. The fourth-order valence-corrected chi connectivity index (χ4v) is 2.29. The molecule has 0 aliphatic carbocycles. The van der Waals surface area contributed by atoms with E-state index >= 15 is 0 Å². The Morgan fingerprint density at radius 3 is 2.44 bits per heavy atom. The van der Waals surface area contributed by atoms with Gasteiger partial charge in [0.2, 0.25) is 0 Å². The van der Waals surface area contributed by atoms with Crippen molar-refractivity contribution in [2.24, 2.45) is 17.0 Å². The fourth-order valence-electron chi connectivity index (χ4n) is 2.29. The maximum Gasteiger partial charge on any atom is 0.157 e. The maximum absolute atomic E-state index is 10.5. The van der Waals surface area contributed by atoms with Gasteiger partial charge < -0.3 is 24.6 Å². The molecule has 0 saturated carbocycles. The molecule has 0 unspecified atom stereocenters. The number of aliphatic hydroxyl groups is 1. The van der Waals surface area contributed by atoms with E-state index < -0.39 is 6.10 Å². The number of hydrogen-bond donors (Lipinski definition) is 4. The highest BCUT2D eigenvalue weighted by atomic mass is 16.6. The van der Waals surface area contributed by atoms with Crippen LogP contribution in [-0.2, 0) is 13.0 Å². The molecule has 0 saturated heterocycles. The van der Waals surface area contributed by atoms with Crippen molar-refractivity contribution in [2.75, 3.05) is 0 Å². The van der Waals surface area contributed by atoms with Gasteiger partial charge in [-0.3, -0.25) is 0 Å². The maximum atomic E-state index is 10.5. The second-order valence-electron chi connectivity index (χ2n) is 5.39. The number of benzene rings is 2. The number of nitrogens with zero attached hydrogens (tertiary/aromatic N) is 1. The molecule has 0 spiro atoms. The molecule has 2 rings (SSSR count). The molecule has 25 heavy (non-hydrogen) atoms. The quantitative estimate of drug-likeness (QED) is 0.416. The number of aromatic hydroxyl groups is 1. The molecular formula is C16H19N3O6. The number of phenolic OH excluding ortho intramolecular Hbond substituents is 1. The third kappa shape index (κ3) is 4.57. The van der Waals surface area contributed by atoms with Crippen LogP contribution in [0.2, 0.25) is 0 Å². The summed E-state index contributed by atoms with van der Waals surface area (Å²) in [7, 11) is 0. The summed E-state index contributed by atoms with van der Waals surface area (Å²) in [6, 6.07) is 7.34. The number of rotatable bonds is 8. The van der Waals surface area contributed by atoms with Gasteiger partial charge in [-0.1, -0.05) is 6.07 Å². The summed E-state index contributed by atoms with van der Waals surface area (Å²) in [5, 5.41) is 22.0. The number of ether oxygens (including phenoxy) is 1. The minimum Gasteiger partial charge on any atom is -0.506 e. The van der Waals surface area contributed by atoms with Crippen molar-refractivity contribution >= 4 is 5.69 Å². The van der Waals surface area contributed by atoms with Crippen molar-refractivity contribution in [3.63, 3.8) is 0 Å². The van der Waals surface area contributed by atoms with Crippen molar-refractivity contribution in [1.29, 1.82) is 0 Å². The average Bonchev–Trinajstić information content (AvgIpc) is 2.60. The van der Waals surface area contributed by atoms with E-state index in [1.807, 2.05) is 0 Å². The topological polar surface area (TPSA) is 150 Å². The van der Waals surface area contributed by atoms with Gasteiger partial charge in [0.15, 0.2) is 11.5 Å². The minimum absolute atomic E-state index is 0.0594. The van der Waals surface area contributed by atoms with Crippen molar-refractivity contribution in [3.8, 4) is 23.0 Å². The van der Waals surface area contributed by atoms with E-state index in [0.717, 1.165) is 0 Å². The SMILES string of the molecule is C[C@@H](O)Cc1c(ON)cc(ON)cc1OCc1ccc(N=O)c(O)c1. The molecule has 2 aromatic carbocycles. The summed E-state index contributed by atoms with van der Waals surface area (Å²) >= 11 is 0. The lowest BCUT2D eigenvalue weighted by Crippen LogP contribution is -2.13. The van der Waals surface area contributed by atoms with Crippen LogP contribution in [0.5, 0.6) is 23.0 Å². The molecule has 0 heterocycles. The first-order valence-electron chi connectivity index (χ1n) is 7.35. The fraction of sp³-hybridized carbons (Fsp3) is 0.250. The second-order valence-corrected chi connectivity index (χ2v) is 5.39. The van der Waals surface area contributed by atoms with Gasteiger partial charge in [-0.2, -0.15) is 11.8 Å². The number of nitrogens with two attached hydrogens (primary N) is 2. The Morgan fingerprint density at radius 1 is 1.16 bits per heavy atom. The summed E-state index contributed by atoms with van der Waals surface area (Å²) in [4.78, 5) is 20.0. The average molecular weight is 349 g/mol. The van der Waals surface area contributed by atoms with Gasteiger partial charge in [-0.05, 0) is 29.8 Å². The number of hydrogen-bond acceptors (Lipinski definition) is 9. The summed E-state index contributed by atoms with van der Waals surface area (Å²) in [6.45, 7) is 1.68. The molecule has 9 heteroatoms. The number of phenols is 1. The van der Waals surface area contributed by atoms with E-state index in [1.165, 1.54) is 24.3 Å². The molecule has 6 N–H and O–H groups in total. The van der Waals surface area contributed by atoms with Gasteiger partial charge in [-0.15, -0.1) is 4.91 Å². The molecule has 1 atom stereocenters. The Balaban J connectivity index is 2.30. The Hall–Kier alpha value is -2.88. The molecule has 0 radical (unpaired) electrons. The van der Waals surface area contributed by atoms with E-state index in [9.17, 15) is 15.1 Å². The number of aliphatic hydroxyl groups excluding tert-OH is 1. The van der Waals surface area contributed by atoms with Gasteiger partial charge in [0.1, 0.15) is 23.8 Å². The molecule has 0 bridgehead atoms. The van der Waals surface area contributed by atoms with Crippen molar-refractivity contribution in [3.05, 3.63) is 46.4 Å². The largest absolute Gasteiger partial charge is 0.506 e. The molecule has 0 amide bonds. The lowest BCUT2D eigenvalue weighted by atomic mass is 10.1. The van der Waals surface area contributed by atoms with Crippen LogP contribution in [0, 0.1) is 4.91 Å². The zero-order valence-corrected chi connectivity index (χ0v) is 13.5. The smallest absolute Gasteiger partial charge is 0.157 e. The second kappa shape index (κ2) is 8.29. The highest BCUT2D eigenvalue weighted by Crippen LogP contribution is 2.35. The first-order chi connectivity index (χ1) is 12.0. The van der Waals surface area contributed by atoms with Crippen LogP contribution in [0.25, 0.3) is 0 Å². The van der Waals surface area contributed by atoms with Crippen molar-refractivity contribution in [2.45, 2.75) is 26.1 Å². The van der Waals surface area contributed by atoms with Gasteiger partial charge >= 0.3 is 0 Å². The summed E-state index contributed by atoms with van der Waals surface area (Å²) < 4.78 is 5.74. The Morgan fingerprint density at radius 2 is 1.88 bits per heavy atom. The Labute approximate surface area is 143 Å². The standard InChI is InChI=1S/C16H19N3O6/c1-9(20)4-12-15(6-11(24-17)7-16(12)25-18)23-8-10-2-3-13(19-22)14(21)5-10/h2-3,5-7,9,20-21H,4,8,17-18H2,1H3/t9-/m1/s1. The lowest BCUT2D eigenvalue weighted by molar-refractivity contribution is 0.190. The first kappa shape index (κ1) is 18.5. The Bertz CT molecular complexity index is 751.